The third-order valence-corrected chi connectivity index (χ3v) is 5.48. The quantitative estimate of drug-likeness (QED) is 0.188. The molecular weight excluding hydrogens is 488 g/mol. The summed E-state index contributed by atoms with van der Waals surface area (Å²) >= 11 is 5.28. The first-order valence-corrected chi connectivity index (χ1v) is 12.2. The van der Waals surface area contributed by atoms with E-state index in [-0.39, 0.29) is 12.5 Å². The van der Waals surface area contributed by atoms with Crippen LogP contribution in [-0.2, 0) is 4.79 Å². The fourth-order valence-electron chi connectivity index (χ4n) is 3.71. The van der Waals surface area contributed by atoms with Gasteiger partial charge >= 0.3 is 0 Å². The van der Waals surface area contributed by atoms with E-state index in [1.807, 2.05) is 64.1 Å². The summed E-state index contributed by atoms with van der Waals surface area (Å²) in [6.45, 7) is 8.37. The summed E-state index contributed by atoms with van der Waals surface area (Å²) in [7, 11) is 1.54. The van der Waals surface area contributed by atoms with E-state index in [9.17, 15) is 4.79 Å². The fourth-order valence-corrected chi connectivity index (χ4v) is 3.88. The van der Waals surface area contributed by atoms with E-state index in [1.54, 1.807) is 24.4 Å². The molecule has 9 heteroatoms. The SMILES string of the molecule is CCOc1ccc(NC(=S)NN=Cc2ccc(OCC(=O)Nc3c(C)cc(C)cc3C)c(OC)c2)cc1. The highest BCUT2D eigenvalue weighted by Gasteiger charge is 2.11. The number of hydrazone groups is 1. The minimum absolute atomic E-state index is 0.149. The van der Waals surface area contributed by atoms with Crippen LogP contribution in [0.3, 0.4) is 0 Å². The van der Waals surface area contributed by atoms with Gasteiger partial charge in [0.2, 0.25) is 0 Å². The van der Waals surface area contributed by atoms with Gasteiger partial charge in [0.25, 0.3) is 5.91 Å². The van der Waals surface area contributed by atoms with E-state index in [2.05, 4.69) is 21.2 Å². The van der Waals surface area contributed by atoms with Crippen LogP contribution in [0.25, 0.3) is 0 Å². The van der Waals surface area contributed by atoms with Gasteiger partial charge in [-0.1, -0.05) is 17.7 Å². The second-order valence-electron chi connectivity index (χ2n) is 8.30. The number of anilines is 2. The Hall–Kier alpha value is -4.11. The Morgan fingerprint density at radius 2 is 1.65 bits per heavy atom. The second kappa shape index (κ2) is 13.3. The molecule has 3 aromatic rings. The standard InChI is InChI=1S/C28H32N4O4S/c1-6-35-23-10-8-22(9-11-23)30-28(37)32-29-16-21-7-12-24(25(15-21)34-5)36-17-26(33)31-27-19(3)13-18(2)14-20(27)4/h7-16H,6,17H2,1-5H3,(H,31,33)(H2,30,32,37). The zero-order valence-electron chi connectivity index (χ0n) is 21.7. The smallest absolute Gasteiger partial charge is 0.262 e. The Morgan fingerprint density at radius 3 is 2.30 bits per heavy atom. The molecule has 0 aliphatic rings. The zero-order chi connectivity index (χ0) is 26.8. The van der Waals surface area contributed by atoms with Gasteiger partial charge in [0.15, 0.2) is 23.2 Å². The minimum Gasteiger partial charge on any atom is -0.494 e. The summed E-state index contributed by atoms with van der Waals surface area (Å²) in [5.74, 6) is 1.48. The number of carbonyl (C=O) groups excluding carboxylic acids is 1. The number of methoxy groups -OCH3 is 1. The van der Waals surface area contributed by atoms with Gasteiger partial charge in [-0.2, -0.15) is 5.10 Å². The molecule has 0 fully saturated rings. The maximum atomic E-state index is 12.5. The average molecular weight is 521 g/mol. The molecule has 0 bridgehead atoms. The third-order valence-electron chi connectivity index (χ3n) is 5.29. The molecular formula is C28H32N4O4S. The van der Waals surface area contributed by atoms with Crippen LogP contribution in [0.15, 0.2) is 59.7 Å². The van der Waals surface area contributed by atoms with Crippen molar-refractivity contribution in [3.63, 3.8) is 0 Å². The average Bonchev–Trinajstić information content (AvgIpc) is 2.86. The van der Waals surface area contributed by atoms with Gasteiger partial charge in [-0.05, 0) is 99.1 Å². The molecule has 0 aliphatic heterocycles. The molecule has 0 saturated heterocycles. The molecule has 0 atom stereocenters. The summed E-state index contributed by atoms with van der Waals surface area (Å²) in [6.07, 6.45) is 1.61. The molecule has 0 saturated carbocycles. The molecule has 3 rings (SSSR count). The van der Waals surface area contributed by atoms with Crippen LogP contribution in [0.5, 0.6) is 17.2 Å². The fraction of sp³-hybridized carbons (Fsp3) is 0.250. The first kappa shape index (κ1) is 27.5. The van der Waals surface area contributed by atoms with Crippen molar-refractivity contribution >= 4 is 40.8 Å². The van der Waals surface area contributed by atoms with E-state index in [0.29, 0.717) is 23.2 Å². The number of nitrogens with zero attached hydrogens (tertiary/aromatic N) is 1. The molecule has 194 valence electrons. The van der Waals surface area contributed by atoms with Crippen molar-refractivity contribution in [2.75, 3.05) is 31.0 Å². The summed E-state index contributed by atoms with van der Waals surface area (Å²) in [5.41, 5.74) is 8.33. The van der Waals surface area contributed by atoms with Crippen LogP contribution in [-0.4, -0.2) is 37.6 Å². The van der Waals surface area contributed by atoms with Gasteiger partial charge in [-0.25, -0.2) is 0 Å². The molecule has 3 aromatic carbocycles. The highest BCUT2D eigenvalue weighted by Crippen LogP contribution is 2.28. The van der Waals surface area contributed by atoms with Crippen LogP contribution in [0.2, 0.25) is 0 Å². The minimum atomic E-state index is -0.250. The molecule has 0 radical (unpaired) electrons. The van der Waals surface area contributed by atoms with Gasteiger partial charge in [0, 0.05) is 11.4 Å². The van der Waals surface area contributed by atoms with E-state index >= 15 is 0 Å². The van der Waals surface area contributed by atoms with Crippen molar-refractivity contribution < 1.29 is 19.0 Å². The van der Waals surface area contributed by atoms with Gasteiger partial charge in [-0.3, -0.25) is 10.2 Å². The molecule has 0 aromatic heterocycles. The first-order valence-electron chi connectivity index (χ1n) is 11.8. The number of hydrogen-bond donors (Lipinski definition) is 3. The number of ether oxygens (including phenoxy) is 3. The van der Waals surface area contributed by atoms with Crippen molar-refractivity contribution in [3.8, 4) is 17.2 Å². The molecule has 8 nitrogen and oxygen atoms in total. The van der Waals surface area contributed by atoms with Crippen molar-refractivity contribution in [1.29, 1.82) is 0 Å². The van der Waals surface area contributed by atoms with E-state index < -0.39 is 0 Å². The van der Waals surface area contributed by atoms with Crippen molar-refractivity contribution in [2.24, 2.45) is 5.10 Å². The van der Waals surface area contributed by atoms with Crippen LogP contribution >= 0.6 is 12.2 Å². The molecule has 37 heavy (non-hydrogen) atoms. The first-order chi connectivity index (χ1) is 17.8. The maximum Gasteiger partial charge on any atom is 0.262 e. The molecule has 0 heterocycles. The predicted octanol–water partition coefficient (Wildman–Crippen LogP) is 5.36. The number of hydrogen-bond acceptors (Lipinski definition) is 6. The molecule has 1 amide bonds. The Morgan fingerprint density at radius 1 is 0.946 bits per heavy atom. The summed E-state index contributed by atoms with van der Waals surface area (Å²) in [5, 5.41) is 10.5. The van der Waals surface area contributed by atoms with Crippen molar-refractivity contribution in [1.82, 2.24) is 5.43 Å². The number of amides is 1. The number of rotatable bonds is 10. The number of benzene rings is 3. The normalized spacial score (nSPS) is 10.6. The Balaban J connectivity index is 1.53. The molecule has 0 aliphatic carbocycles. The van der Waals surface area contributed by atoms with Crippen LogP contribution in [0, 0.1) is 20.8 Å². The largest absolute Gasteiger partial charge is 0.494 e. The molecule has 0 unspecified atom stereocenters. The Labute approximate surface area is 223 Å². The lowest BCUT2D eigenvalue weighted by molar-refractivity contribution is -0.118. The summed E-state index contributed by atoms with van der Waals surface area (Å²) in [6, 6.07) is 16.8. The highest BCUT2D eigenvalue weighted by atomic mass is 32.1. The lowest BCUT2D eigenvalue weighted by atomic mass is 10.1. The van der Waals surface area contributed by atoms with Crippen molar-refractivity contribution in [3.05, 3.63) is 76.9 Å². The Kier molecular flexibility index (Phi) is 9.85. The topological polar surface area (TPSA) is 93.2 Å². The highest BCUT2D eigenvalue weighted by molar-refractivity contribution is 7.80. The molecule has 3 N–H and O–H groups in total. The van der Waals surface area contributed by atoms with E-state index in [0.717, 1.165) is 39.4 Å². The van der Waals surface area contributed by atoms with Gasteiger partial charge < -0.3 is 24.8 Å². The molecule has 0 spiro atoms. The van der Waals surface area contributed by atoms with Crippen LogP contribution < -0.4 is 30.3 Å². The van der Waals surface area contributed by atoms with Gasteiger partial charge in [0.1, 0.15) is 5.75 Å². The number of carbonyl (C=O) groups is 1. The van der Waals surface area contributed by atoms with E-state index in [4.69, 9.17) is 26.4 Å². The zero-order valence-corrected chi connectivity index (χ0v) is 22.5. The van der Waals surface area contributed by atoms with E-state index in [1.165, 1.54) is 7.11 Å². The van der Waals surface area contributed by atoms with Crippen LogP contribution in [0.1, 0.15) is 29.2 Å². The number of aryl methyl sites for hydroxylation is 3. The monoisotopic (exact) mass is 520 g/mol. The Bertz CT molecular complexity index is 1250. The number of nitrogens with one attached hydrogen (secondary N) is 3. The van der Waals surface area contributed by atoms with Crippen LogP contribution in [0.4, 0.5) is 11.4 Å². The predicted molar refractivity (Wildman–Crippen MR) is 152 cm³/mol. The third kappa shape index (κ3) is 8.22. The van der Waals surface area contributed by atoms with Crippen molar-refractivity contribution in [2.45, 2.75) is 27.7 Å². The lowest BCUT2D eigenvalue weighted by Crippen LogP contribution is -2.23. The van der Waals surface area contributed by atoms with Gasteiger partial charge in [-0.15, -0.1) is 0 Å². The second-order valence-corrected chi connectivity index (χ2v) is 8.71. The van der Waals surface area contributed by atoms with Gasteiger partial charge in [0.05, 0.1) is 19.9 Å². The lowest BCUT2D eigenvalue weighted by Gasteiger charge is -2.14. The number of thiocarbonyl (C=S) groups is 1. The summed E-state index contributed by atoms with van der Waals surface area (Å²) < 4.78 is 16.6. The summed E-state index contributed by atoms with van der Waals surface area (Å²) in [4.78, 5) is 12.5. The maximum absolute atomic E-state index is 12.5.